The summed E-state index contributed by atoms with van der Waals surface area (Å²) in [7, 11) is -3.83. The molecule has 4 rings (SSSR count). The van der Waals surface area contributed by atoms with E-state index in [1.807, 2.05) is 25.7 Å². The van der Waals surface area contributed by atoms with Crippen molar-refractivity contribution >= 4 is 37.5 Å². The summed E-state index contributed by atoms with van der Waals surface area (Å²) >= 11 is 1.47. The molecular formula is C24H36N4O3S2. The van der Waals surface area contributed by atoms with Crippen molar-refractivity contribution in [2.75, 3.05) is 26.2 Å². The number of nitrogens with one attached hydrogen (secondary N) is 1. The summed E-state index contributed by atoms with van der Waals surface area (Å²) in [6.07, 6.45) is 6.93. The van der Waals surface area contributed by atoms with Crippen LogP contribution in [0.4, 0.5) is 0 Å². The summed E-state index contributed by atoms with van der Waals surface area (Å²) in [6.45, 7) is 9.01. The number of sulfonamides is 1. The molecule has 1 saturated carbocycles. The molecule has 0 bridgehead atoms. The number of nitrogens with zero attached hydrogens (tertiary/aromatic N) is 3. The number of aromatic nitrogens is 1. The molecule has 9 heteroatoms. The molecule has 0 radical (unpaired) electrons. The molecule has 1 saturated heterocycles. The second-order valence-corrected chi connectivity index (χ2v) is 12.8. The highest BCUT2D eigenvalue weighted by atomic mass is 32.2. The Morgan fingerprint density at radius 1 is 1.15 bits per heavy atom. The fourth-order valence-corrected chi connectivity index (χ4v) is 7.26. The smallest absolute Gasteiger partial charge is 0.241 e. The van der Waals surface area contributed by atoms with E-state index >= 15 is 0 Å². The van der Waals surface area contributed by atoms with Crippen LogP contribution in [0.1, 0.15) is 57.4 Å². The van der Waals surface area contributed by atoms with Crippen LogP contribution in [0.2, 0.25) is 0 Å². The van der Waals surface area contributed by atoms with Crippen molar-refractivity contribution in [2.24, 2.45) is 5.92 Å². The molecule has 7 nitrogen and oxygen atoms in total. The number of benzene rings is 1. The third-order valence-corrected chi connectivity index (χ3v) is 9.20. The molecular weight excluding hydrogens is 456 g/mol. The van der Waals surface area contributed by atoms with Gasteiger partial charge in [0.1, 0.15) is 6.04 Å². The second-order valence-electron chi connectivity index (χ2n) is 9.82. The van der Waals surface area contributed by atoms with Crippen LogP contribution in [0.5, 0.6) is 0 Å². The van der Waals surface area contributed by atoms with E-state index in [2.05, 4.69) is 14.6 Å². The van der Waals surface area contributed by atoms with Crippen molar-refractivity contribution in [1.29, 1.82) is 0 Å². The molecule has 182 valence electrons. The highest BCUT2D eigenvalue weighted by Crippen LogP contribution is 2.26. The Kier molecular flexibility index (Phi) is 7.73. The van der Waals surface area contributed by atoms with Crippen LogP contribution in [0.15, 0.2) is 23.1 Å². The molecule has 2 aromatic rings. The van der Waals surface area contributed by atoms with Gasteiger partial charge in [-0.3, -0.25) is 9.69 Å². The van der Waals surface area contributed by atoms with Crippen LogP contribution in [0.3, 0.4) is 0 Å². The van der Waals surface area contributed by atoms with Crippen LogP contribution >= 0.6 is 11.3 Å². The summed E-state index contributed by atoms with van der Waals surface area (Å²) in [5, 5.41) is 0.896. The molecule has 1 aliphatic heterocycles. The Bertz CT molecular complexity index is 1070. The highest BCUT2D eigenvalue weighted by molar-refractivity contribution is 7.89. The standard InChI is InChI=1S/C24H36N4O3S2/c1-17(2)15-22(24(29)28-13-11-27(12-14-28)19-7-5-4-6-8-19)26-33(30,31)20-9-10-21-23(16-20)32-18(3)25-21/h9-10,16-17,19,22,26H,4-8,11-15H2,1-3H3. The molecule has 1 aromatic carbocycles. The molecule has 1 aromatic heterocycles. The van der Waals surface area contributed by atoms with Gasteiger partial charge in [0.25, 0.3) is 0 Å². The van der Waals surface area contributed by atoms with Crippen LogP contribution in [0, 0.1) is 12.8 Å². The number of hydrogen-bond acceptors (Lipinski definition) is 6. The normalized spacial score (nSPS) is 19.9. The first-order chi connectivity index (χ1) is 15.7. The minimum Gasteiger partial charge on any atom is -0.339 e. The number of hydrogen-bond donors (Lipinski definition) is 1. The summed E-state index contributed by atoms with van der Waals surface area (Å²) in [4.78, 5) is 22.4. The average Bonchev–Trinajstić information content (AvgIpc) is 3.17. The first kappa shape index (κ1) is 24.6. The summed E-state index contributed by atoms with van der Waals surface area (Å²) in [6, 6.07) is 4.85. The number of rotatable bonds is 7. The fourth-order valence-electron chi connectivity index (χ4n) is 5.09. The Balaban J connectivity index is 1.45. The van der Waals surface area contributed by atoms with Gasteiger partial charge < -0.3 is 4.90 Å². The number of aryl methyl sites for hydroxylation is 1. The first-order valence-corrected chi connectivity index (χ1v) is 14.5. The van der Waals surface area contributed by atoms with E-state index in [1.165, 1.54) is 43.4 Å². The quantitative estimate of drug-likeness (QED) is 0.636. The summed E-state index contributed by atoms with van der Waals surface area (Å²) in [5.41, 5.74) is 0.794. The number of piperazine rings is 1. The lowest BCUT2D eigenvalue weighted by Crippen LogP contribution is -2.56. The molecule has 1 aliphatic carbocycles. The minimum atomic E-state index is -3.83. The molecule has 1 atom stereocenters. The van der Waals surface area contributed by atoms with E-state index in [9.17, 15) is 13.2 Å². The van der Waals surface area contributed by atoms with Crippen molar-refractivity contribution in [3.8, 4) is 0 Å². The minimum absolute atomic E-state index is 0.106. The maximum Gasteiger partial charge on any atom is 0.241 e. The molecule has 2 heterocycles. The molecule has 1 N–H and O–H groups in total. The van der Waals surface area contributed by atoms with E-state index in [0.29, 0.717) is 25.6 Å². The van der Waals surface area contributed by atoms with E-state index in [-0.39, 0.29) is 16.7 Å². The highest BCUT2D eigenvalue weighted by Gasteiger charge is 2.33. The maximum atomic E-state index is 13.4. The number of amides is 1. The Hall–Kier alpha value is -1.55. The average molecular weight is 493 g/mol. The summed E-state index contributed by atoms with van der Waals surface area (Å²) in [5.74, 6) is 0.0853. The third kappa shape index (κ3) is 5.93. The predicted molar refractivity (Wildman–Crippen MR) is 133 cm³/mol. The van der Waals surface area contributed by atoms with Crippen molar-refractivity contribution in [2.45, 2.75) is 76.3 Å². The number of carbonyl (C=O) groups is 1. The van der Waals surface area contributed by atoms with Gasteiger partial charge in [0.2, 0.25) is 15.9 Å². The van der Waals surface area contributed by atoms with Gasteiger partial charge >= 0.3 is 0 Å². The maximum absolute atomic E-state index is 13.4. The van der Waals surface area contributed by atoms with Gasteiger partial charge in [-0.1, -0.05) is 33.1 Å². The van der Waals surface area contributed by atoms with Crippen LogP contribution < -0.4 is 4.72 Å². The van der Waals surface area contributed by atoms with Crippen LogP contribution in [-0.4, -0.2) is 67.4 Å². The van der Waals surface area contributed by atoms with Crippen molar-refractivity contribution in [3.63, 3.8) is 0 Å². The zero-order chi connectivity index (χ0) is 23.6. The van der Waals surface area contributed by atoms with Crippen LogP contribution in [0.25, 0.3) is 10.2 Å². The monoisotopic (exact) mass is 492 g/mol. The number of carbonyl (C=O) groups excluding carboxylic acids is 1. The molecule has 1 unspecified atom stereocenters. The number of thiazole rings is 1. The first-order valence-electron chi connectivity index (χ1n) is 12.2. The van der Waals surface area contributed by atoms with Gasteiger partial charge in [0, 0.05) is 32.2 Å². The Morgan fingerprint density at radius 2 is 1.85 bits per heavy atom. The van der Waals surface area contributed by atoms with Crippen LogP contribution in [-0.2, 0) is 14.8 Å². The van der Waals surface area contributed by atoms with E-state index in [1.54, 1.807) is 18.2 Å². The zero-order valence-electron chi connectivity index (χ0n) is 19.9. The fraction of sp³-hybridized carbons (Fsp3) is 0.667. The lowest BCUT2D eigenvalue weighted by atomic mass is 9.93. The van der Waals surface area contributed by atoms with Gasteiger partial charge in [0.05, 0.1) is 20.1 Å². The topological polar surface area (TPSA) is 82.6 Å². The van der Waals surface area contributed by atoms with Gasteiger partial charge in [-0.25, -0.2) is 13.4 Å². The molecule has 2 fully saturated rings. The molecule has 2 aliphatic rings. The largest absolute Gasteiger partial charge is 0.339 e. The van der Waals surface area contributed by atoms with Gasteiger partial charge in [-0.15, -0.1) is 11.3 Å². The van der Waals surface area contributed by atoms with Crippen molar-refractivity contribution in [1.82, 2.24) is 19.5 Å². The molecule has 33 heavy (non-hydrogen) atoms. The van der Waals surface area contributed by atoms with Gasteiger partial charge in [0.15, 0.2) is 0 Å². The summed E-state index contributed by atoms with van der Waals surface area (Å²) < 4.78 is 30.0. The molecule has 0 spiro atoms. The molecule has 1 amide bonds. The Morgan fingerprint density at radius 3 is 2.52 bits per heavy atom. The predicted octanol–water partition coefficient (Wildman–Crippen LogP) is 3.77. The van der Waals surface area contributed by atoms with Gasteiger partial charge in [-0.2, -0.15) is 4.72 Å². The van der Waals surface area contributed by atoms with E-state index in [4.69, 9.17) is 0 Å². The SMILES string of the molecule is Cc1nc2ccc(S(=O)(=O)NC(CC(C)C)C(=O)N3CCN(C4CCCCC4)CC3)cc2s1. The van der Waals surface area contributed by atoms with Crippen molar-refractivity contribution in [3.05, 3.63) is 23.2 Å². The van der Waals surface area contributed by atoms with E-state index in [0.717, 1.165) is 28.3 Å². The third-order valence-electron chi connectivity index (χ3n) is 6.80. The zero-order valence-corrected chi connectivity index (χ0v) is 21.6. The van der Waals surface area contributed by atoms with E-state index < -0.39 is 16.1 Å². The lowest BCUT2D eigenvalue weighted by molar-refractivity contribution is -0.135. The lowest BCUT2D eigenvalue weighted by Gasteiger charge is -2.41. The number of fused-ring (bicyclic) bond motifs is 1. The Labute approximate surface area is 201 Å². The van der Waals surface area contributed by atoms with Crippen molar-refractivity contribution < 1.29 is 13.2 Å². The van der Waals surface area contributed by atoms with Gasteiger partial charge in [-0.05, 0) is 50.3 Å². The second kappa shape index (κ2) is 10.4.